The summed E-state index contributed by atoms with van der Waals surface area (Å²) in [6.45, 7) is 3.82. The number of phosphoric ester groups is 1. The fraction of sp³-hybridized carbons (Fsp3) is 0.787. The molecule has 338 valence electrons. The van der Waals surface area contributed by atoms with Crippen molar-refractivity contribution in [2.24, 2.45) is 5.73 Å². The lowest BCUT2D eigenvalue weighted by Crippen LogP contribution is -2.34. The van der Waals surface area contributed by atoms with E-state index in [1.807, 2.05) is 0 Å². The highest BCUT2D eigenvalue weighted by atomic mass is 31.2. The van der Waals surface area contributed by atoms with Crippen molar-refractivity contribution in [2.75, 3.05) is 26.4 Å². The maximum absolute atomic E-state index is 12.6. The molecule has 0 rings (SSSR count). The van der Waals surface area contributed by atoms with Crippen LogP contribution in [0.25, 0.3) is 0 Å². The summed E-state index contributed by atoms with van der Waals surface area (Å²) in [5.74, 6) is -1.79. The second kappa shape index (κ2) is 43.0. The van der Waals surface area contributed by atoms with Crippen molar-refractivity contribution in [1.29, 1.82) is 0 Å². The monoisotopic (exact) mass is 840 g/mol. The lowest BCUT2D eigenvalue weighted by Gasteiger charge is -2.20. The minimum Gasteiger partial charge on any atom is -0.480 e. The second-order valence-electron chi connectivity index (χ2n) is 15.5. The summed E-state index contributed by atoms with van der Waals surface area (Å²) in [4.78, 5) is 33.5. The van der Waals surface area contributed by atoms with Crippen LogP contribution in [0.4, 0.5) is 0 Å². The molecule has 0 amide bonds. The highest BCUT2D eigenvalue weighted by Crippen LogP contribution is 2.43. The van der Waals surface area contributed by atoms with Crippen LogP contribution in [0, 0.1) is 0 Å². The largest absolute Gasteiger partial charge is 0.480 e. The fourth-order valence-corrected chi connectivity index (χ4v) is 6.97. The van der Waals surface area contributed by atoms with Gasteiger partial charge in [-0.2, -0.15) is 0 Å². The summed E-state index contributed by atoms with van der Waals surface area (Å²) in [6, 6.07) is -1.48. The minimum atomic E-state index is -4.62. The number of carboxylic acid groups (broad SMARTS) is 1. The molecule has 0 aliphatic rings. The van der Waals surface area contributed by atoms with Gasteiger partial charge in [0.05, 0.1) is 19.8 Å². The number of phosphoric acid groups is 1. The van der Waals surface area contributed by atoms with E-state index in [1.54, 1.807) is 0 Å². The number of carbonyl (C=O) groups excluding carboxylic acids is 1. The SMILES string of the molecule is CCCCC/C=C\CCCCCCCC(=O)OC(COCCCCCCCCCCC/C=C\C/C=C\C/C=C\CCCCCCC)COP(=O)(O)OCC(N)C(=O)O. The zero-order chi connectivity index (χ0) is 42.6. The van der Waals surface area contributed by atoms with Gasteiger partial charge in [0, 0.05) is 13.0 Å². The minimum absolute atomic E-state index is 0.00911. The Hall–Kier alpha value is -2.07. The predicted molar refractivity (Wildman–Crippen MR) is 240 cm³/mol. The van der Waals surface area contributed by atoms with Crippen LogP contribution in [-0.2, 0) is 32.7 Å². The number of carbonyl (C=O) groups is 2. The maximum atomic E-state index is 12.6. The first-order valence-electron chi connectivity index (χ1n) is 23.2. The van der Waals surface area contributed by atoms with E-state index >= 15 is 0 Å². The molecule has 0 aromatic rings. The molecule has 0 aliphatic carbocycles. The van der Waals surface area contributed by atoms with Gasteiger partial charge in [0.15, 0.2) is 0 Å². The first-order chi connectivity index (χ1) is 28.2. The Morgan fingerprint density at radius 2 is 0.948 bits per heavy atom. The third kappa shape index (κ3) is 42.1. The third-order valence-corrected chi connectivity index (χ3v) is 10.8. The predicted octanol–water partition coefficient (Wildman–Crippen LogP) is 13.0. The van der Waals surface area contributed by atoms with Crippen molar-refractivity contribution in [1.82, 2.24) is 0 Å². The standard InChI is InChI=1S/C47H86NO9P/c1-3-5-7-9-11-13-15-17-18-19-20-21-22-23-24-25-26-27-28-30-32-34-36-38-40-54-41-44(42-55-58(52,53)56-43-45(48)47(50)51)57-46(49)39-37-35-33-31-29-16-14-12-10-8-6-4-2/h12,14-15,17,19-20,22-23,44-45H,3-11,13,16,18,21,24-43,48H2,1-2H3,(H,50,51)(H,52,53)/b14-12-,17-15-,20-19-,23-22-. The summed E-state index contributed by atoms with van der Waals surface area (Å²) >= 11 is 0. The van der Waals surface area contributed by atoms with Crippen LogP contribution < -0.4 is 5.73 Å². The first-order valence-corrected chi connectivity index (χ1v) is 24.7. The van der Waals surface area contributed by atoms with Crippen molar-refractivity contribution in [2.45, 2.75) is 212 Å². The Morgan fingerprint density at radius 3 is 1.47 bits per heavy atom. The maximum Gasteiger partial charge on any atom is 0.472 e. The van der Waals surface area contributed by atoms with Crippen molar-refractivity contribution in [3.63, 3.8) is 0 Å². The highest BCUT2D eigenvalue weighted by Gasteiger charge is 2.27. The van der Waals surface area contributed by atoms with Crippen molar-refractivity contribution in [3.05, 3.63) is 48.6 Å². The molecular formula is C47H86NO9P. The molecule has 3 atom stereocenters. The third-order valence-electron chi connectivity index (χ3n) is 9.83. The molecule has 0 saturated carbocycles. The molecule has 0 fully saturated rings. The van der Waals surface area contributed by atoms with Crippen LogP contribution in [0.3, 0.4) is 0 Å². The van der Waals surface area contributed by atoms with E-state index in [0.29, 0.717) is 13.0 Å². The topological polar surface area (TPSA) is 155 Å². The Labute approximate surface area is 354 Å². The molecule has 10 nitrogen and oxygen atoms in total. The molecule has 0 saturated heterocycles. The number of nitrogens with two attached hydrogens (primary N) is 1. The van der Waals surface area contributed by atoms with Gasteiger partial charge in [-0.05, 0) is 77.0 Å². The zero-order valence-corrected chi connectivity index (χ0v) is 37.8. The molecule has 11 heteroatoms. The molecule has 0 radical (unpaired) electrons. The van der Waals surface area contributed by atoms with Gasteiger partial charge in [-0.1, -0.05) is 165 Å². The first kappa shape index (κ1) is 55.9. The van der Waals surface area contributed by atoms with Crippen LogP contribution in [0.1, 0.15) is 200 Å². The average Bonchev–Trinajstić information content (AvgIpc) is 3.20. The van der Waals surface area contributed by atoms with Gasteiger partial charge < -0.3 is 25.2 Å². The number of esters is 1. The van der Waals surface area contributed by atoms with Crippen LogP contribution in [0.15, 0.2) is 48.6 Å². The number of carboxylic acids is 1. The number of hydrogen-bond donors (Lipinski definition) is 3. The van der Waals surface area contributed by atoms with E-state index in [2.05, 4.69) is 62.5 Å². The van der Waals surface area contributed by atoms with Crippen molar-refractivity contribution in [3.8, 4) is 0 Å². The van der Waals surface area contributed by atoms with Crippen LogP contribution in [0.2, 0.25) is 0 Å². The summed E-state index contributed by atoms with van der Waals surface area (Å²) in [5, 5.41) is 8.90. The van der Waals surface area contributed by atoms with E-state index in [4.69, 9.17) is 29.4 Å². The van der Waals surface area contributed by atoms with Gasteiger partial charge in [-0.3, -0.25) is 18.6 Å². The van der Waals surface area contributed by atoms with E-state index in [-0.39, 0.29) is 13.0 Å². The summed E-state index contributed by atoms with van der Waals surface area (Å²) in [7, 11) is -4.62. The Balaban J connectivity index is 4.14. The number of ether oxygens (including phenoxy) is 2. The van der Waals surface area contributed by atoms with Gasteiger partial charge in [0.2, 0.25) is 0 Å². The van der Waals surface area contributed by atoms with Crippen LogP contribution in [0.5, 0.6) is 0 Å². The number of rotatable bonds is 44. The van der Waals surface area contributed by atoms with Gasteiger partial charge in [0.25, 0.3) is 0 Å². The molecule has 0 aliphatic heterocycles. The quantitative estimate of drug-likeness (QED) is 0.0234. The van der Waals surface area contributed by atoms with Gasteiger partial charge in [0.1, 0.15) is 12.1 Å². The Morgan fingerprint density at radius 1 is 0.552 bits per heavy atom. The summed E-state index contributed by atoms with van der Waals surface area (Å²) < 4.78 is 33.3. The van der Waals surface area contributed by atoms with Crippen LogP contribution in [-0.4, -0.2) is 60.5 Å². The number of unbranched alkanes of at least 4 members (excludes halogenated alkanes) is 22. The number of hydrogen-bond acceptors (Lipinski definition) is 8. The van der Waals surface area contributed by atoms with Crippen molar-refractivity contribution < 1.29 is 42.7 Å². The van der Waals surface area contributed by atoms with E-state index < -0.39 is 45.1 Å². The van der Waals surface area contributed by atoms with E-state index in [0.717, 1.165) is 77.0 Å². The molecule has 0 aromatic carbocycles. The molecule has 4 N–H and O–H groups in total. The fourth-order valence-electron chi connectivity index (χ4n) is 6.19. The second-order valence-corrected chi connectivity index (χ2v) is 17.0. The Bertz CT molecular complexity index is 1110. The lowest BCUT2D eigenvalue weighted by molar-refractivity contribution is -0.154. The van der Waals surface area contributed by atoms with Gasteiger partial charge in [-0.25, -0.2) is 4.57 Å². The number of aliphatic carboxylic acids is 1. The van der Waals surface area contributed by atoms with Crippen LogP contribution >= 0.6 is 7.82 Å². The van der Waals surface area contributed by atoms with Gasteiger partial charge >= 0.3 is 19.8 Å². The summed E-state index contributed by atoms with van der Waals surface area (Å²) in [5.41, 5.74) is 5.35. The normalized spacial score (nSPS) is 14.3. The molecule has 0 heterocycles. The van der Waals surface area contributed by atoms with E-state index in [9.17, 15) is 19.0 Å². The molecule has 0 bridgehead atoms. The average molecular weight is 840 g/mol. The molecule has 58 heavy (non-hydrogen) atoms. The lowest BCUT2D eigenvalue weighted by atomic mass is 10.1. The van der Waals surface area contributed by atoms with Crippen molar-refractivity contribution >= 4 is 19.8 Å². The zero-order valence-electron chi connectivity index (χ0n) is 36.9. The Kier molecular flexibility index (Phi) is 41.5. The molecule has 0 aromatic heterocycles. The molecular weight excluding hydrogens is 753 g/mol. The molecule has 3 unspecified atom stereocenters. The highest BCUT2D eigenvalue weighted by molar-refractivity contribution is 7.47. The smallest absolute Gasteiger partial charge is 0.472 e. The summed E-state index contributed by atoms with van der Waals surface area (Å²) in [6.07, 6.45) is 50.3. The molecule has 0 spiro atoms. The van der Waals surface area contributed by atoms with E-state index in [1.165, 1.54) is 96.3 Å². The number of allylic oxidation sites excluding steroid dienone is 8. The van der Waals surface area contributed by atoms with Gasteiger partial charge in [-0.15, -0.1) is 0 Å².